The molecular formula is C15H30N2O2. The third-order valence-corrected chi connectivity index (χ3v) is 4.62. The van der Waals surface area contributed by atoms with Crippen molar-refractivity contribution in [2.45, 2.75) is 57.7 Å². The third kappa shape index (κ3) is 4.15. The lowest BCUT2D eigenvalue weighted by Gasteiger charge is -2.39. The van der Waals surface area contributed by atoms with Gasteiger partial charge in [-0.05, 0) is 38.6 Å². The van der Waals surface area contributed by atoms with E-state index in [0.29, 0.717) is 12.1 Å². The Morgan fingerprint density at radius 1 is 1.37 bits per heavy atom. The maximum absolute atomic E-state index is 9.26. The Bertz CT molecular complexity index is 263. The maximum Gasteiger partial charge on any atom is 0.0933 e. The van der Waals surface area contributed by atoms with Gasteiger partial charge in [0.1, 0.15) is 0 Å². The van der Waals surface area contributed by atoms with Crippen molar-refractivity contribution in [2.75, 3.05) is 32.8 Å². The van der Waals surface area contributed by atoms with Crippen LogP contribution in [0.15, 0.2) is 0 Å². The minimum absolute atomic E-state index is 0.0136. The average Bonchev–Trinajstić information content (AvgIpc) is 2.86. The van der Waals surface area contributed by atoms with Crippen molar-refractivity contribution >= 4 is 0 Å². The molecule has 2 N–H and O–H groups in total. The number of nitrogens with one attached hydrogen (secondary N) is 1. The Kier molecular flexibility index (Phi) is 6.07. The summed E-state index contributed by atoms with van der Waals surface area (Å²) in [5.74, 6) is 0.770. The predicted molar refractivity (Wildman–Crippen MR) is 77.3 cm³/mol. The topological polar surface area (TPSA) is 44.7 Å². The number of aliphatic hydroxyl groups is 1. The number of nitrogens with zero attached hydrogens (tertiary/aromatic N) is 1. The first kappa shape index (κ1) is 15.2. The van der Waals surface area contributed by atoms with Crippen molar-refractivity contribution < 1.29 is 9.84 Å². The van der Waals surface area contributed by atoms with Crippen LogP contribution < -0.4 is 5.32 Å². The van der Waals surface area contributed by atoms with E-state index in [0.717, 1.165) is 32.2 Å². The van der Waals surface area contributed by atoms with Crippen LogP contribution in [0.1, 0.15) is 39.5 Å². The highest BCUT2D eigenvalue weighted by Crippen LogP contribution is 2.28. The predicted octanol–water partition coefficient (Wildman–Crippen LogP) is 1.24. The number of ether oxygens (including phenoxy) is 1. The van der Waals surface area contributed by atoms with Gasteiger partial charge in [-0.15, -0.1) is 0 Å². The van der Waals surface area contributed by atoms with Gasteiger partial charge >= 0.3 is 0 Å². The molecule has 0 spiro atoms. The molecule has 0 aromatic rings. The number of rotatable bonds is 6. The molecule has 0 aromatic carbocycles. The summed E-state index contributed by atoms with van der Waals surface area (Å²) in [6.45, 7) is 8.54. The van der Waals surface area contributed by atoms with Gasteiger partial charge in [0, 0.05) is 25.2 Å². The van der Waals surface area contributed by atoms with Crippen molar-refractivity contribution in [3.8, 4) is 0 Å². The monoisotopic (exact) mass is 270 g/mol. The van der Waals surface area contributed by atoms with E-state index in [2.05, 4.69) is 24.1 Å². The van der Waals surface area contributed by atoms with Crippen molar-refractivity contribution in [1.82, 2.24) is 10.2 Å². The Hall–Kier alpha value is -0.160. The fourth-order valence-electron chi connectivity index (χ4n) is 3.39. The van der Waals surface area contributed by atoms with Gasteiger partial charge in [-0.25, -0.2) is 0 Å². The molecule has 1 saturated carbocycles. The van der Waals surface area contributed by atoms with E-state index in [9.17, 15) is 5.11 Å². The Morgan fingerprint density at radius 3 is 2.95 bits per heavy atom. The highest BCUT2D eigenvalue weighted by Gasteiger charge is 2.32. The molecule has 2 fully saturated rings. The van der Waals surface area contributed by atoms with Crippen LogP contribution in [0, 0.1) is 5.92 Å². The number of aliphatic hydroxyl groups excluding tert-OH is 1. The lowest BCUT2D eigenvalue weighted by atomic mass is 10.0. The summed E-state index contributed by atoms with van der Waals surface area (Å²) in [7, 11) is 0. The first-order valence-corrected chi connectivity index (χ1v) is 7.94. The van der Waals surface area contributed by atoms with Crippen molar-refractivity contribution in [3.63, 3.8) is 0 Å². The standard InChI is InChI=1S/C15H30N2O2/c1-3-7-16-15-6-4-5-13(15)8-17-9-14(10-18)19-11-12(17)2/h12-16,18H,3-11H2,1-2H3. The van der Waals surface area contributed by atoms with Gasteiger partial charge in [0.15, 0.2) is 0 Å². The van der Waals surface area contributed by atoms with Crippen LogP contribution in [0.3, 0.4) is 0 Å². The fraction of sp³-hybridized carbons (Fsp3) is 1.00. The fourth-order valence-corrected chi connectivity index (χ4v) is 3.39. The van der Waals surface area contributed by atoms with Crippen LogP contribution in [0.5, 0.6) is 0 Å². The summed E-state index contributed by atoms with van der Waals surface area (Å²) in [6, 6.07) is 1.18. The van der Waals surface area contributed by atoms with Crippen LogP contribution in [0.4, 0.5) is 0 Å². The Morgan fingerprint density at radius 2 is 2.21 bits per heavy atom. The molecule has 1 heterocycles. The number of hydrogen-bond donors (Lipinski definition) is 2. The summed E-state index contributed by atoms with van der Waals surface area (Å²) >= 11 is 0. The highest BCUT2D eigenvalue weighted by molar-refractivity contribution is 4.88. The highest BCUT2D eigenvalue weighted by atomic mass is 16.5. The Balaban J connectivity index is 1.84. The molecule has 0 radical (unpaired) electrons. The average molecular weight is 270 g/mol. The molecule has 4 unspecified atom stereocenters. The zero-order valence-electron chi connectivity index (χ0n) is 12.5. The first-order valence-electron chi connectivity index (χ1n) is 7.94. The summed E-state index contributed by atoms with van der Waals surface area (Å²) in [6.07, 6.45) is 5.25. The summed E-state index contributed by atoms with van der Waals surface area (Å²) in [5, 5.41) is 13.0. The molecule has 4 heteroatoms. The third-order valence-electron chi connectivity index (χ3n) is 4.62. The molecule has 2 aliphatic rings. The van der Waals surface area contributed by atoms with Crippen molar-refractivity contribution in [2.24, 2.45) is 5.92 Å². The van der Waals surface area contributed by atoms with Gasteiger partial charge < -0.3 is 15.2 Å². The van der Waals surface area contributed by atoms with Gasteiger partial charge in [-0.3, -0.25) is 4.90 Å². The van der Waals surface area contributed by atoms with Gasteiger partial charge in [0.2, 0.25) is 0 Å². The van der Waals surface area contributed by atoms with E-state index < -0.39 is 0 Å². The Labute approximate surface area is 117 Å². The van der Waals surface area contributed by atoms with E-state index in [-0.39, 0.29) is 12.7 Å². The lowest BCUT2D eigenvalue weighted by Crippen LogP contribution is -2.52. The largest absolute Gasteiger partial charge is 0.394 e. The lowest BCUT2D eigenvalue weighted by molar-refractivity contribution is -0.0819. The van der Waals surface area contributed by atoms with E-state index in [4.69, 9.17) is 4.74 Å². The molecule has 4 nitrogen and oxygen atoms in total. The van der Waals surface area contributed by atoms with Gasteiger partial charge in [-0.2, -0.15) is 0 Å². The zero-order valence-corrected chi connectivity index (χ0v) is 12.5. The quantitative estimate of drug-likeness (QED) is 0.762. The number of morpholine rings is 1. The molecule has 4 atom stereocenters. The van der Waals surface area contributed by atoms with Gasteiger partial charge in [0.05, 0.1) is 19.3 Å². The maximum atomic E-state index is 9.26. The smallest absolute Gasteiger partial charge is 0.0933 e. The minimum atomic E-state index is 0.0136. The SMILES string of the molecule is CCCNC1CCCC1CN1CC(CO)OCC1C. The van der Waals surface area contributed by atoms with E-state index >= 15 is 0 Å². The van der Waals surface area contributed by atoms with E-state index in [1.807, 2.05) is 0 Å². The van der Waals surface area contributed by atoms with Crippen LogP contribution in [0.25, 0.3) is 0 Å². The molecular weight excluding hydrogens is 240 g/mol. The van der Waals surface area contributed by atoms with Gasteiger partial charge in [0.25, 0.3) is 0 Å². The second-order valence-corrected chi connectivity index (χ2v) is 6.19. The molecule has 19 heavy (non-hydrogen) atoms. The second kappa shape index (κ2) is 7.58. The molecule has 0 amide bonds. The number of hydrogen-bond acceptors (Lipinski definition) is 4. The van der Waals surface area contributed by atoms with Crippen LogP contribution >= 0.6 is 0 Å². The molecule has 0 aromatic heterocycles. The van der Waals surface area contributed by atoms with Crippen LogP contribution in [0.2, 0.25) is 0 Å². The van der Waals surface area contributed by atoms with Crippen molar-refractivity contribution in [3.05, 3.63) is 0 Å². The minimum Gasteiger partial charge on any atom is -0.394 e. The molecule has 1 saturated heterocycles. The summed E-state index contributed by atoms with van der Waals surface area (Å²) in [5.41, 5.74) is 0. The molecule has 0 bridgehead atoms. The second-order valence-electron chi connectivity index (χ2n) is 6.19. The van der Waals surface area contributed by atoms with Gasteiger partial charge in [-0.1, -0.05) is 13.3 Å². The molecule has 2 rings (SSSR count). The van der Waals surface area contributed by atoms with Crippen LogP contribution in [-0.4, -0.2) is 61.0 Å². The molecule has 1 aliphatic heterocycles. The van der Waals surface area contributed by atoms with Crippen LogP contribution in [-0.2, 0) is 4.74 Å². The normalized spacial score (nSPS) is 36.8. The molecule has 1 aliphatic carbocycles. The summed E-state index contributed by atoms with van der Waals surface area (Å²) < 4.78 is 5.62. The van der Waals surface area contributed by atoms with E-state index in [1.165, 1.54) is 25.7 Å². The zero-order chi connectivity index (χ0) is 13.7. The first-order chi connectivity index (χ1) is 9.24. The van der Waals surface area contributed by atoms with E-state index in [1.54, 1.807) is 0 Å². The summed E-state index contributed by atoms with van der Waals surface area (Å²) in [4.78, 5) is 2.51. The molecule has 112 valence electrons. The van der Waals surface area contributed by atoms with Crippen molar-refractivity contribution in [1.29, 1.82) is 0 Å².